The summed E-state index contributed by atoms with van der Waals surface area (Å²) in [5.74, 6) is -0.769. The molecule has 0 aliphatic rings. The van der Waals surface area contributed by atoms with Gasteiger partial charge in [0.1, 0.15) is 0 Å². The van der Waals surface area contributed by atoms with Crippen molar-refractivity contribution in [2.24, 2.45) is 11.5 Å². The minimum atomic E-state index is -4.93. The zero-order valence-electron chi connectivity index (χ0n) is 20.6. The smallest absolute Gasteiger partial charge is 0.404 e. The molecule has 38 heavy (non-hydrogen) atoms. The van der Waals surface area contributed by atoms with E-state index in [0.29, 0.717) is 18.7 Å². The molecule has 3 rings (SSSR count). The highest BCUT2D eigenvalue weighted by atomic mass is 19.4. The van der Waals surface area contributed by atoms with Gasteiger partial charge in [0.2, 0.25) is 5.95 Å². The van der Waals surface area contributed by atoms with Crippen LogP contribution in [0.3, 0.4) is 0 Å². The second-order valence-electron chi connectivity index (χ2n) is 8.36. The Morgan fingerprint density at radius 3 is 2.26 bits per heavy atom. The van der Waals surface area contributed by atoms with E-state index >= 15 is 0 Å². The quantitative estimate of drug-likeness (QED) is 0.239. The third-order valence-electron chi connectivity index (χ3n) is 5.42. The third-order valence-corrected chi connectivity index (χ3v) is 5.42. The molecular weight excluding hydrogens is 503 g/mol. The Labute approximate surface area is 217 Å². The highest BCUT2D eigenvalue weighted by Crippen LogP contribution is 2.30. The molecule has 10 nitrogen and oxygen atoms in total. The molecule has 0 bridgehead atoms. The Morgan fingerprint density at radius 2 is 1.66 bits per heavy atom. The zero-order chi connectivity index (χ0) is 27.5. The lowest BCUT2D eigenvalue weighted by molar-refractivity contribution is -0.274. The van der Waals surface area contributed by atoms with Crippen molar-refractivity contribution in [1.82, 2.24) is 14.9 Å². The fourth-order valence-corrected chi connectivity index (χ4v) is 3.66. The Bertz CT molecular complexity index is 1240. The van der Waals surface area contributed by atoms with E-state index in [1.165, 1.54) is 24.4 Å². The average Bonchev–Trinajstić information content (AvgIpc) is 2.86. The van der Waals surface area contributed by atoms with Crippen LogP contribution in [0.25, 0.3) is 11.1 Å². The molecule has 0 aliphatic heterocycles. The monoisotopic (exact) mass is 533 g/mol. The maximum Gasteiger partial charge on any atom is 0.573 e. The summed E-state index contributed by atoms with van der Waals surface area (Å²) in [6.45, 7) is 3.68. The van der Waals surface area contributed by atoms with Crippen molar-refractivity contribution in [2.75, 3.05) is 36.8 Å². The number of anilines is 2. The molecule has 3 aromatic rings. The summed E-state index contributed by atoms with van der Waals surface area (Å²) < 4.78 is 41.7. The lowest BCUT2D eigenvalue weighted by Crippen LogP contribution is -2.28. The number of para-hydroxylation sites is 2. The molecular formula is C25H30F3N7O3. The van der Waals surface area contributed by atoms with Gasteiger partial charge < -0.3 is 21.5 Å². The summed E-state index contributed by atoms with van der Waals surface area (Å²) >= 11 is 0. The molecule has 0 saturated heterocycles. The first kappa shape index (κ1) is 28.6. The van der Waals surface area contributed by atoms with E-state index < -0.39 is 23.7 Å². The van der Waals surface area contributed by atoms with Gasteiger partial charge in [-0.25, -0.2) is 9.78 Å². The van der Waals surface area contributed by atoms with Crippen molar-refractivity contribution in [3.63, 3.8) is 0 Å². The van der Waals surface area contributed by atoms with Crippen LogP contribution in [-0.2, 0) is 6.54 Å². The number of carbonyl (C=O) groups is 1. The normalized spacial score (nSPS) is 11.4. The van der Waals surface area contributed by atoms with Gasteiger partial charge in [-0.3, -0.25) is 20.0 Å². The van der Waals surface area contributed by atoms with Crippen molar-refractivity contribution in [2.45, 2.75) is 25.7 Å². The van der Waals surface area contributed by atoms with Gasteiger partial charge in [0.25, 0.3) is 5.56 Å². The number of aromatic nitrogens is 2. The van der Waals surface area contributed by atoms with Gasteiger partial charge in [-0.1, -0.05) is 36.4 Å². The van der Waals surface area contributed by atoms with Gasteiger partial charge in [0, 0.05) is 12.7 Å². The van der Waals surface area contributed by atoms with Crippen LogP contribution >= 0.6 is 0 Å². The van der Waals surface area contributed by atoms with Crippen LogP contribution < -0.4 is 32.4 Å². The second-order valence-corrected chi connectivity index (χ2v) is 8.36. The fourth-order valence-electron chi connectivity index (χ4n) is 3.66. The van der Waals surface area contributed by atoms with E-state index in [1.807, 2.05) is 24.3 Å². The molecule has 0 spiro atoms. The molecule has 204 valence electrons. The number of nitrogens with one attached hydrogen (secondary N) is 3. The third kappa shape index (κ3) is 8.87. The lowest BCUT2D eigenvalue weighted by Gasteiger charge is -2.22. The molecule has 1 heterocycles. The number of hydrogen-bond donors (Lipinski definition) is 5. The van der Waals surface area contributed by atoms with Crippen LogP contribution in [-0.4, -0.2) is 53.4 Å². The zero-order valence-corrected chi connectivity index (χ0v) is 20.6. The van der Waals surface area contributed by atoms with Crippen molar-refractivity contribution in [1.29, 1.82) is 0 Å². The number of aromatic amines is 1. The van der Waals surface area contributed by atoms with Crippen molar-refractivity contribution in [3.8, 4) is 16.9 Å². The second kappa shape index (κ2) is 13.6. The van der Waals surface area contributed by atoms with Crippen LogP contribution in [0.5, 0.6) is 5.75 Å². The largest absolute Gasteiger partial charge is 0.573 e. The summed E-state index contributed by atoms with van der Waals surface area (Å²) in [6.07, 6.45) is -1.85. The molecule has 0 radical (unpaired) electrons. The number of alkyl halides is 3. The van der Waals surface area contributed by atoms with Crippen molar-refractivity contribution >= 4 is 17.7 Å². The Morgan fingerprint density at radius 1 is 1.00 bits per heavy atom. The molecule has 7 N–H and O–H groups in total. The Balaban J connectivity index is 1.65. The van der Waals surface area contributed by atoms with Gasteiger partial charge >= 0.3 is 12.4 Å². The van der Waals surface area contributed by atoms with Crippen LogP contribution in [0.2, 0.25) is 0 Å². The number of benzene rings is 2. The van der Waals surface area contributed by atoms with Crippen LogP contribution in [0.15, 0.2) is 59.5 Å². The van der Waals surface area contributed by atoms with Crippen LogP contribution in [0.4, 0.5) is 29.6 Å². The predicted octanol–water partition coefficient (Wildman–Crippen LogP) is 3.48. The van der Waals surface area contributed by atoms with E-state index in [2.05, 4.69) is 30.2 Å². The number of hydrogen-bond acceptors (Lipinski definition) is 7. The molecule has 0 fully saturated rings. The number of amides is 2. The van der Waals surface area contributed by atoms with Gasteiger partial charge in [0.05, 0.1) is 11.3 Å². The van der Waals surface area contributed by atoms with Gasteiger partial charge in [-0.15, -0.1) is 13.2 Å². The predicted molar refractivity (Wildman–Crippen MR) is 139 cm³/mol. The SMILES string of the molecule is NCCCN(CCCN)Cc1ccc(-c2cnc(NC(=O)Nc3ccccc3OC(F)(F)F)[nH]c2=O)cc1. The number of urea groups is 1. The van der Waals surface area contributed by atoms with E-state index in [0.717, 1.165) is 44.1 Å². The summed E-state index contributed by atoms with van der Waals surface area (Å²) in [5.41, 5.74) is 12.5. The van der Waals surface area contributed by atoms with Crippen LogP contribution in [0, 0.1) is 0 Å². The number of nitrogens with two attached hydrogens (primary N) is 2. The first-order valence-corrected chi connectivity index (χ1v) is 11.9. The minimum Gasteiger partial charge on any atom is -0.404 e. The number of rotatable bonds is 12. The van der Waals surface area contributed by atoms with Gasteiger partial charge in [-0.05, 0) is 62.3 Å². The molecule has 13 heteroatoms. The number of ether oxygens (including phenoxy) is 1. The van der Waals surface area contributed by atoms with Gasteiger partial charge in [0.15, 0.2) is 5.75 Å². The molecule has 0 saturated carbocycles. The summed E-state index contributed by atoms with van der Waals surface area (Å²) in [4.78, 5) is 33.7. The minimum absolute atomic E-state index is 0.183. The topological polar surface area (TPSA) is 151 Å². The Kier molecular flexibility index (Phi) is 10.2. The van der Waals surface area contributed by atoms with E-state index in [4.69, 9.17) is 11.5 Å². The van der Waals surface area contributed by atoms with E-state index in [9.17, 15) is 22.8 Å². The molecule has 0 atom stereocenters. The summed E-state index contributed by atoms with van der Waals surface area (Å²) in [6, 6.07) is 11.6. The van der Waals surface area contributed by atoms with E-state index in [-0.39, 0.29) is 17.2 Å². The summed E-state index contributed by atoms with van der Waals surface area (Å²) in [5, 5.41) is 4.53. The van der Waals surface area contributed by atoms with Crippen molar-refractivity contribution in [3.05, 3.63) is 70.6 Å². The average molecular weight is 534 g/mol. The first-order valence-electron chi connectivity index (χ1n) is 11.9. The molecule has 1 aromatic heterocycles. The number of nitrogens with zero attached hydrogens (tertiary/aromatic N) is 2. The van der Waals surface area contributed by atoms with Gasteiger partial charge in [-0.2, -0.15) is 0 Å². The highest BCUT2D eigenvalue weighted by Gasteiger charge is 2.32. The number of halogens is 3. The molecule has 0 unspecified atom stereocenters. The standard InChI is InChI=1S/C25H30F3N7O3/c26-25(27,28)38-21-6-2-1-5-20(21)32-24(37)34-23-31-15-19(22(36)33-23)18-9-7-17(8-10-18)16-35(13-3-11-29)14-4-12-30/h1-2,5-10,15H,3-4,11-14,16,29-30H2,(H3,31,32,33,34,36,37). The molecule has 2 amide bonds. The van der Waals surface area contributed by atoms with E-state index in [1.54, 1.807) is 0 Å². The highest BCUT2D eigenvalue weighted by molar-refractivity contribution is 5.99. The Hall–Kier alpha value is -3.94. The van der Waals surface area contributed by atoms with Crippen LogP contribution in [0.1, 0.15) is 18.4 Å². The summed E-state index contributed by atoms with van der Waals surface area (Å²) in [7, 11) is 0. The lowest BCUT2D eigenvalue weighted by atomic mass is 10.1. The molecule has 0 aliphatic carbocycles. The number of H-pyrrole nitrogens is 1. The van der Waals surface area contributed by atoms with Crippen molar-refractivity contribution < 1.29 is 22.7 Å². The maximum absolute atomic E-state index is 12.6. The first-order chi connectivity index (χ1) is 18.2. The molecule has 2 aromatic carbocycles. The fraction of sp³-hybridized carbons (Fsp3) is 0.320. The maximum atomic E-state index is 12.6. The number of carbonyl (C=O) groups excluding carboxylic acids is 1.